The van der Waals surface area contributed by atoms with Crippen molar-refractivity contribution in [2.24, 2.45) is 0 Å². The average molecular weight is 323 g/mol. The molecule has 0 aliphatic carbocycles. The van der Waals surface area contributed by atoms with Crippen LogP contribution in [0.25, 0.3) is 10.9 Å². The Morgan fingerprint density at radius 1 is 1.17 bits per heavy atom. The summed E-state index contributed by atoms with van der Waals surface area (Å²) in [4.78, 5) is 12.4. The van der Waals surface area contributed by atoms with Gasteiger partial charge in [-0.05, 0) is 37.1 Å². The molecule has 0 aliphatic rings. The lowest BCUT2D eigenvalue weighted by atomic mass is 10.1. The van der Waals surface area contributed by atoms with Gasteiger partial charge in [-0.2, -0.15) is 5.10 Å². The average Bonchev–Trinajstić information content (AvgIpc) is 3.02. The molecule has 3 rings (SSSR count). The van der Waals surface area contributed by atoms with E-state index in [-0.39, 0.29) is 5.91 Å². The maximum absolute atomic E-state index is 12.4. The van der Waals surface area contributed by atoms with Gasteiger partial charge in [0.1, 0.15) is 0 Å². The number of carbonyl (C=O) groups excluding carboxylic acids is 1. The van der Waals surface area contributed by atoms with Crippen molar-refractivity contribution in [3.05, 3.63) is 64.8 Å². The van der Waals surface area contributed by atoms with E-state index in [4.69, 9.17) is 4.74 Å². The summed E-state index contributed by atoms with van der Waals surface area (Å²) in [6.45, 7) is 5.76. The summed E-state index contributed by atoms with van der Waals surface area (Å²) in [5.74, 6) is -0.176. The van der Waals surface area contributed by atoms with Crippen LogP contribution in [0.5, 0.6) is 0 Å². The van der Waals surface area contributed by atoms with Crippen LogP contribution in [0.15, 0.2) is 42.5 Å². The van der Waals surface area contributed by atoms with Crippen molar-refractivity contribution in [1.82, 2.24) is 15.5 Å². The van der Waals surface area contributed by atoms with Gasteiger partial charge in [-0.1, -0.05) is 35.9 Å². The number of benzene rings is 2. The minimum Gasteiger partial charge on any atom is -0.377 e. The van der Waals surface area contributed by atoms with Gasteiger partial charge in [-0.3, -0.25) is 9.89 Å². The number of aryl methyl sites for hydroxylation is 1. The number of amides is 1. The Balaban J connectivity index is 1.65. The number of nitrogens with one attached hydrogen (secondary N) is 2. The highest BCUT2D eigenvalue weighted by molar-refractivity contribution is 6.04. The molecule has 0 fully saturated rings. The van der Waals surface area contributed by atoms with E-state index in [9.17, 15) is 4.79 Å². The van der Waals surface area contributed by atoms with E-state index < -0.39 is 0 Å². The van der Waals surface area contributed by atoms with E-state index in [2.05, 4.69) is 15.5 Å². The molecule has 2 aromatic carbocycles. The van der Waals surface area contributed by atoms with Crippen LogP contribution < -0.4 is 5.32 Å². The van der Waals surface area contributed by atoms with Crippen molar-refractivity contribution in [1.29, 1.82) is 0 Å². The monoisotopic (exact) mass is 323 g/mol. The van der Waals surface area contributed by atoms with Crippen molar-refractivity contribution < 1.29 is 9.53 Å². The van der Waals surface area contributed by atoms with Crippen LogP contribution in [-0.4, -0.2) is 22.7 Å². The Bertz CT molecular complexity index is 837. The van der Waals surface area contributed by atoms with E-state index in [0.717, 1.165) is 27.6 Å². The van der Waals surface area contributed by atoms with Crippen LogP contribution in [0.3, 0.4) is 0 Å². The molecular formula is C19H21N3O2. The highest BCUT2D eigenvalue weighted by Gasteiger charge is 2.13. The molecule has 0 aliphatic heterocycles. The zero-order valence-electron chi connectivity index (χ0n) is 13.9. The minimum atomic E-state index is -0.176. The third kappa shape index (κ3) is 3.63. The molecule has 0 radical (unpaired) electrons. The number of hydrogen-bond acceptors (Lipinski definition) is 3. The predicted octanol–water partition coefficient (Wildman–Crippen LogP) is 3.34. The van der Waals surface area contributed by atoms with Crippen molar-refractivity contribution in [3.8, 4) is 0 Å². The highest BCUT2D eigenvalue weighted by atomic mass is 16.5. The van der Waals surface area contributed by atoms with Gasteiger partial charge in [-0.15, -0.1) is 0 Å². The normalized spacial score (nSPS) is 10.9. The summed E-state index contributed by atoms with van der Waals surface area (Å²) in [6.07, 6.45) is 0. The summed E-state index contributed by atoms with van der Waals surface area (Å²) in [5.41, 5.74) is 4.57. The van der Waals surface area contributed by atoms with Gasteiger partial charge in [0, 0.05) is 18.5 Å². The van der Waals surface area contributed by atoms with Crippen molar-refractivity contribution >= 4 is 16.8 Å². The number of hydrogen-bond donors (Lipinski definition) is 2. The molecule has 0 atom stereocenters. The van der Waals surface area contributed by atoms with E-state index in [1.165, 1.54) is 0 Å². The lowest BCUT2D eigenvalue weighted by Gasteiger charge is -2.06. The first-order chi connectivity index (χ1) is 11.7. The Hall–Kier alpha value is -2.66. The number of aromatic amines is 1. The van der Waals surface area contributed by atoms with Gasteiger partial charge >= 0.3 is 0 Å². The maximum Gasteiger partial charge on any atom is 0.272 e. The zero-order valence-corrected chi connectivity index (χ0v) is 13.9. The van der Waals surface area contributed by atoms with Crippen molar-refractivity contribution in [3.63, 3.8) is 0 Å². The van der Waals surface area contributed by atoms with Gasteiger partial charge in [0.15, 0.2) is 5.69 Å². The van der Waals surface area contributed by atoms with Crippen LogP contribution in [0.2, 0.25) is 0 Å². The Kier molecular flexibility index (Phi) is 4.91. The molecule has 1 heterocycles. The molecule has 1 amide bonds. The summed E-state index contributed by atoms with van der Waals surface area (Å²) >= 11 is 0. The van der Waals surface area contributed by atoms with Crippen LogP contribution in [0.1, 0.15) is 34.1 Å². The SMILES string of the molecule is CCOCc1ccc(CNC(=O)c2n[nH]c3ccc(C)cc23)cc1. The highest BCUT2D eigenvalue weighted by Crippen LogP contribution is 2.17. The lowest BCUT2D eigenvalue weighted by molar-refractivity contribution is 0.0947. The zero-order chi connectivity index (χ0) is 16.9. The predicted molar refractivity (Wildman–Crippen MR) is 93.8 cm³/mol. The molecule has 0 saturated carbocycles. The first-order valence-corrected chi connectivity index (χ1v) is 8.06. The fraction of sp³-hybridized carbons (Fsp3) is 0.263. The molecule has 0 spiro atoms. The summed E-state index contributed by atoms with van der Waals surface area (Å²) in [5, 5.41) is 10.8. The number of fused-ring (bicyclic) bond motifs is 1. The summed E-state index contributed by atoms with van der Waals surface area (Å²) in [6, 6.07) is 13.9. The fourth-order valence-electron chi connectivity index (χ4n) is 2.54. The minimum absolute atomic E-state index is 0.176. The lowest BCUT2D eigenvalue weighted by Crippen LogP contribution is -2.23. The molecule has 1 aromatic heterocycles. The van der Waals surface area contributed by atoms with Gasteiger partial charge < -0.3 is 10.1 Å². The number of carbonyl (C=O) groups is 1. The number of ether oxygens (including phenoxy) is 1. The Morgan fingerprint density at radius 2 is 1.92 bits per heavy atom. The third-order valence-corrected chi connectivity index (χ3v) is 3.88. The standard InChI is InChI=1S/C19H21N3O2/c1-3-24-12-15-7-5-14(6-8-15)11-20-19(23)18-16-10-13(2)4-9-17(16)21-22-18/h4-10H,3,11-12H2,1-2H3,(H,20,23)(H,21,22). The first-order valence-electron chi connectivity index (χ1n) is 8.06. The number of nitrogens with zero attached hydrogens (tertiary/aromatic N) is 1. The van der Waals surface area contributed by atoms with Crippen LogP contribution >= 0.6 is 0 Å². The molecule has 0 bridgehead atoms. The number of H-pyrrole nitrogens is 1. The molecule has 0 unspecified atom stereocenters. The second kappa shape index (κ2) is 7.27. The van der Waals surface area contributed by atoms with E-state index in [1.54, 1.807) is 0 Å². The Morgan fingerprint density at radius 3 is 2.67 bits per heavy atom. The molecule has 124 valence electrons. The molecule has 3 aromatic rings. The van der Waals surface area contributed by atoms with Gasteiger partial charge in [0.25, 0.3) is 5.91 Å². The first kappa shape index (κ1) is 16.2. The molecular weight excluding hydrogens is 302 g/mol. The third-order valence-electron chi connectivity index (χ3n) is 3.88. The topological polar surface area (TPSA) is 67.0 Å². The maximum atomic E-state index is 12.4. The van der Waals surface area contributed by atoms with Crippen molar-refractivity contribution in [2.75, 3.05) is 6.61 Å². The van der Waals surface area contributed by atoms with Crippen LogP contribution in [-0.2, 0) is 17.9 Å². The molecule has 24 heavy (non-hydrogen) atoms. The van der Waals surface area contributed by atoms with Gasteiger partial charge in [-0.25, -0.2) is 0 Å². The quantitative estimate of drug-likeness (QED) is 0.731. The molecule has 5 nitrogen and oxygen atoms in total. The van der Waals surface area contributed by atoms with E-state index in [1.807, 2.05) is 56.3 Å². The number of rotatable bonds is 6. The van der Waals surface area contributed by atoms with Gasteiger partial charge in [0.2, 0.25) is 0 Å². The van der Waals surface area contributed by atoms with E-state index in [0.29, 0.717) is 25.5 Å². The smallest absolute Gasteiger partial charge is 0.272 e. The number of aromatic nitrogens is 2. The van der Waals surface area contributed by atoms with Crippen LogP contribution in [0.4, 0.5) is 0 Å². The second-order valence-electron chi connectivity index (χ2n) is 5.76. The van der Waals surface area contributed by atoms with Crippen LogP contribution in [0, 0.1) is 6.92 Å². The Labute approximate surface area is 141 Å². The van der Waals surface area contributed by atoms with Crippen molar-refractivity contribution in [2.45, 2.75) is 27.0 Å². The molecule has 5 heteroatoms. The molecule has 0 saturated heterocycles. The second-order valence-corrected chi connectivity index (χ2v) is 5.76. The largest absolute Gasteiger partial charge is 0.377 e. The van der Waals surface area contributed by atoms with Gasteiger partial charge in [0.05, 0.1) is 12.1 Å². The summed E-state index contributed by atoms with van der Waals surface area (Å²) < 4.78 is 5.38. The van der Waals surface area contributed by atoms with E-state index >= 15 is 0 Å². The fourth-order valence-corrected chi connectivity index (χ4v) is 2.54. The summed E-state index contributed by atoms with van der Waals surface area (Å²) in [7, 11) is 0. The molecule has 2 N–H and O–H groups in total.